The van der Waals surface area contributed by atoms with Crippen LogP contribution >= 0.6 is 24.0 Å². The molecule has 0 spiro atoms. The van der Waals surface area contributed by atoms with Crippen LogP contribution in [0.4, 0.5) is 13.2 Å². The van der Waals surface area contributed by atoms with Crippen LogP contribution in [0.25, 0.3) is 6.08 Å². The third kappa shape index (κ3) is 12.5. The Morgan fingerprint density at radius 1 is 0.842 bits per heavy atom. The molecule has 1 aliphatic rings. The smallest absolute Gasteiger partial charge is 0.416 e. The average molecular weight is 821 g/mol. The first-order valence-electron chi connectivity index (χ1n) is 18.6. The Balaban J connectivity index is 0.00000620. The van der Waals surface area contributed by atoms with Crippen molar-refractivity contribution in [3.05, 3.63) is 153 Å². The summed E-state index contributed by atoms with van der Waals surface area (Å²) in [5.41, 5.74) is 5.20. The van der Waals surface area contributed by atoms with Crippen LogP contribution in [-0.2, 0) is 30.5 Å². The molecular formula is C45H46Cl2F3N3O4. The van der Waals surface area contributed by atoms with E-state index in [4.69, 9.17) is 25.8 Å². The number of carbonyl (C=O) groups excluding carboxylic acids is 1. The number of alkyl halides is 3. The van der Waals surface area contributed by atoms with Gasteiger partial charge in [-0.05, 0) is 94.8 Å². The van der Waals surface area contributed by atoms with E-state index in [-0.39, 0.29) is 30.8 Å². The van der Waals surface area contributed by atoms with Crippen LogP contribution < -0.4 is 14.2 Å². The highest BCUT2D eigenvalue weighted by Crippen LogP contribution is 2.34. The van der Waals surface area contributed by atoms with Crippen LogP contribution in [0, 0.1) is 6.92 Å². The van der Waals surface area contributed by atoms with Crippen LogP contribution in [0.1, 0.15) is 58.7 Å². The molecule has 5 aromatic rings. The van der Waals surface area contributed by atoms with Gasteiger partial charge in [-0.3, -0.25) is 9.69 Å². The number of halogens is 5. The number of amides is 1. The maximum Gasteiger partial charge on any atom is 0.416 e. The second-order valence-corrected chi connectivity index (χ2v) is 14.5. The number of benzene rings is 4. The van der Waals surface area contributed by atoms with Crippen molar-refractivity contribution in [3.63, 3.8) is 0 Å². The van der Waals surface area contributed by atoms with Crippen molar-refractivity contribution in [2.45, 2.75) is 52.4 Å². The molecule has 1 amide bonds. The van der Waals surface area contributed by atoms with E-state index in [1.807, 2.05) is 30.0 Å². The molecule has 0 saturated carbocycles. The van der Waals surface area contributed by atoms with Gasteiger partial charge in [-0.1, -0.05) is 74.0 Å². The second-order valence-electron chi connectivity index (χ2n) is 14.1. The molecule has 0 aliphatic carbocycles. The lowest BCUT2D eigenvalue weighted by atomic mass is 10.0. The first-order chi connectivity index (χ1) is 26.9. The molecular weight excluding hydrogens is 774 g/mol. The molecule has 1 fully saturated rings. The summed E-state index contributed by atoms with van der Waals surface area (Å²) >= 11 is 6.60. The molecule has 0 N–H and O–H groups in total. The van der Waals surface area contributed by atoms with Crippen molar-refractivity contribution in [1.82, 2.24) is 14.8 Å². The van der Waals surface area contributed by atoms with Crippen LogP contribution in [0.15, 0.2) is 109 Å². The zero-order valence-electron chi connectivity index (χ0n) is 32.1. The number of aryl methyl sites for hydroxylation is 1. The standard InChI is InChI=1S/C45H45ClF3N3O4.ClH/c1-31(2)37-11-15-39(16-12-37)54-25-20-33-4-6-34(7-5-33)29-51-21-23-52(24-22-51)43(53)19-10-36-26-32(3)44(41(46)27-36)56-42-18-17-40(28-50-42)55-30-35-8-13-38(14-9-35)45(47,48)49;/h4-19,26-28,31H,20-25,29-30H2,1-3H3;1H/b19-10+;. The van der Waals surface area contributed by atoms with E-state index in [0.717, 1.165) is 55.1 Å². The molecule has 1 saturated heterocycles. The van der Waals surface area contributed by atoms with Gasteiger partial charge in [0, 0.05) is 51.3 Å². The number of hydrogen-bond donors (Lipinski definition) is 0. The van der Waals surface area contributed by atoms with Gasteiger partial charge >= 0.3 is 6.18 Å². The lowest BCUT2D eigenvalue weighted by molar-refractivity contribution is -0.137. The van der Waals surface area contributed by atoms with E-state index in [2.05, 4.69) is 60.1 Å². The molecule has 300 valence electrons. The number of ether oxygens (including phenoxy) is 3. The fourth-order valence-electron chi connectivity index (χ4n) is 6.26. The summed E-state index contributed by atoms with van der Waals surface area (Å²) in [6, 6.07) is 28.7. The normalized spacial score (nSPS) is 13.4. The first kappa shape index (κ1) is 43.1. The van der Waals surface area contributed by atoms with Crippen LogP contribution in [-0.4, -0.2) is 53.5 Å². The van der Waals surface area contributed by atoms with E-state index in [1.165, 1.54) is 35.0 Å². The molecule has 6 rings (SSSR count). The third-order valence-corrected chi connectivity index (χ3v) is 9.87. The van der Waals surface area contributed by atoms with Gasteiger partial charge in [-0.25, -0.2) is 4.98 Å². The monoisotopic (exact) mass is 819 g/mol. The van der Waals surface area contributed by atoms with Crippen LogP contribution in [0.3, 0.4) is 0 Å². The number of hydrogen-bond acceptors (Lipinski definition) is 6. The van der Waals surface area contributed by atoms with Crippen molar-refractivity contribution in [1.29, 1.82) is 0 Å². The van der Waals surface area contributed by atoms with E-state index >= 15 is 0 Å². The highest BCUT2D eigenvalue weighted by Gasteiger charge is 2.30. The predicted octanol–water partition coefficient (Wildman–Crippen LogP) is 11.0. The van der Waals surface area contributed by atoms with Gasteiger partial charge in [0.1, 0.15) is 18.1 Å². The van der Waals surface area contributed by atoms with E-state index < -0.39 is 11.7 Å². The Morgan fingerprint density at radius 2 is 1.49 bits per heavy atom. The Morgan fingerprint density at radius 3 is 2.11 bits per heavy atom. The summed E-state index contributed by atoms with van der Waals surface area (Å²) in [6.07, 6.45) is 1.26. The maximum absolute atomic E-state index is 13.1. The minimum absolute atomic E-state index is 0. The van der Waals surface area contributed by atoms with Crippen LogP contribution in [0.2, 0.25) is 5.02 Å². The summed E-state index contributed by atoms with van der Waals surface area (Å²) in [4.78, 5) is 21.6. The summed E-state index contributed by atoms with van der Waals surface area (Å²) in [6.45, 7) is 10.7. The van der Waals surface area contributed by atoms with Gasteiger partial charge in [0.05, 0.1) is 23.4 Å². The number of carbonyl (C=O) groups is 1. The first-order valence-corrected chi connectivity index (χ1v) is 19.0. The quantitative estimate of drug-likeness (QED) is 0.104. The zero-order chi connectivity index (χ0) is 39.7. The highest BCUT2D eigenvalue weighted by molar-refractivity contribution is 6.32. The average Bonchev–Trinajstić information content (AvgIpc) is 3.19. The summed E-state index contributed by atoms with van der Waals surface area (Å²) in [5, 5.41) is 0.365. The van der Waals surface area contributed by atoms with E-state index in [0.29, 0.717) is 47.7 Å². The fourth-order valence-corrected chi connectivity index (χ4v) is 6.57. The summed E-state index contributed by atoms with van der Waals surface area (Å²) in [5.74, 6) is 2.50. The van der Waals surface area contributed by atoms with E-state index in [1.54, 1.807) is 30.4 Å². The highest BCUT2D eigenvalue weighted by atomic mass is 35.5. The number of piperazine rings is 1. The molecule has 12 heteroatoms. The number of rotatable bonds is 14. The number of aromatic nitrogens is 1. The molecule has 57 heavy (non-hydrogen) atoms. The molecule has 2 heterocycles. The SMILES string of the molecule is Cc1cc(/C=C/C(=O)N2CCN(Cc3ccc(CCOc4ccc(C(C)C)cc4)cc3)CC2)cc(Cl)c1Oc1ccc(OCc2ccc(C(F)(F)F)cc2)cn1.Cl. The van der Waals surface area contributed by atoms with Crippen molar-refractivity contribution >= 4 is 36.0 Å². The van der Waals surface area contributed by atoms with Crippen molar-refractivity contribution in [3.8, 4) is 23.1 Å². The maximum atomic E-state index is 13.1. The topological polar surface area (TPSA) is 64.1 Å². The lowest BCUT2D eigenvalue weighted by Gasteiger charge is -2.34. The zero-order valence-corrected chi connectivity index (χ0v) is 33.7. The van der Waals surface area contributed by atoms with Gasteiger partial charge in [-0.15, -0.1) is 12.4 Å². The molecule has 1 aliphatic heterocycles. The summed E-state index contributed by atoms with van der Waals surface area (Å²) < 4.78 is 56.0. The summed E-state index contributed by atoms with van der Waals surface area (Å²) in [7, 11) is 0. The Kier molecular flexibility index (Phi) is 15.0. The molecule has 7 nitrogen and oxygen atoms in total. The van der Waals surface area contributed by atoms with E-state index in [9.17, 15) is 18.0 Å². The molecule has 0 radical (unpaired) electrons. The van der Waals surface area contributed by atoms with Crippen molar-refractivity contribution in [2.75, 3.05) is 32.8 Å². The molecule has 1 aromatic heterocycles. The minimum atomic E-state index is -4.39. The Bertz CT molecular complexity index is 2060. The predicted molar refractivity (Wildman–Crippen MR) is 221 cm³/mol. The van der Waals surface area contributed by atoms with Crippen molar-refractivity contribution < 1.29 is 32.2 Å². The molecule has 0 atom stereocenters. The van der Waals surface area contributed by atoms with Gasteiger partial charge in [-0.2, -0.15) is 13.2 Å². The minimum Gasteiger partial charge on any atom is -0.493 e. The van der Waals surface area contributed by atoms with Crippen molar-refractivity contribution in [2.24, 2.45) is 0 Å². The van der Waals surface area contributed by atoms with Gasteiger partial charge in [0.2, 0.25) is 11.8 Å². The number of nitrogens with zero attached hydrogens (tertiary/aromatic N) is 3. The molecule has 0 unspecified atom stereocenters. The van der Waals surface area contributed by atoms with Gasteiger partial charge in [0.15, 0.2) is 5.75 Å². The van der Waals surface area contributed by atoms with Crippen LogP contribution in [0.5, 0.6) is 23.1 Å². The Labute approximate surface area is 343 Å². The van der Waals surface area contributed by atoms with Gasteiger partial charge < -0.3 is 19.1 Å². The second kappa shape index (κ2) is 19.9. The lowest BCUT2D eigenvalue weighted by Crippen LogP contribution is -2.47. The third-order valence-electron chi connectivity index (χ3n) is 9.59. The fraction of sp³-hybridized carbons (Fsp3) is 0.289. The number of pyridine rings is 1. The Hall–Kier alpha value is -5.03. The largest absolute Gasteiger partial charge is 0.493 e. The molecule has 4 aromatic carbocycles. The molecule has 0 bridgehead atoms. The van der Waals surface area contributed by atoms with Gasteiger partial charge in [0.25, 0.3) is 0 Å².